The Morgan fingerprint density at radius 2 is 1.72 bits per heavy atom. The first-order valence-electron chi connectivity index (χ1n) is 9.32. The van der Waals surface area contributed by atoms with Crippen molar-refractivity contribution in [3.05, 3.63) is 35.0 Å². The second-order valence-electron chi connectivity index (χ2n) is 7.07. The summed E-state index contributed by atoms with van der Waals surface area (Å²) in [5.41, 5.74) is 3.46. The zero-order chi connectivity index (χ0) is 17.4. The van der Waals surface area contributed by atoms with Crippen LogP contribution in [-0.2, 0) is 6.42 Å². The normalized spacial score (nSPS) is 17.9. The molecule has 25 heavy (non-hydrogen) atoms. The molecule has 2 aromatic heterocycles. The molecule has 1 saturated carbocycles. The summed E-state index contributed by atoms with van der Waals surface area (Å²) in [5.74, 6) is 3.63. The molecule has 6 heteroatoms. The summed E-state index contributed by atoms with van der Waals surface area (Å²) in [6.07, 6.45) is 5.30. The molecule has 0 amide bonds. The van der Waals surface area contributed by atoms with Gasteiger partial charge in [-0.1, -0.05) is 6.92 Å². The number of anilines is 2. The number of hydrogen-bond acceptors (Lipinski definition) is 6. The van der Waals surface area contributed by atoms with Crippen molar-refractivity contribution in [2.75, 3.05) is 36.0 Å². The number of rotatable bonds is 4. The molecular weight excluding hydrogens is 312 g/mol. The average molecular weight is 338 g/mol. The van der Waals surface area contributed by atoms with Gasteiger partial charge in [-0.2, -0.15) is 0 Å². The lowest BCUT2D eigenvalue weighted by Gasteiger charge is -2.36. The maximum atomic E-state index is 4.97. The van der Waals surface area contributed by atoms with Gasteiger partial charge < -0.3 is 9.80 Å². The second-order valence-corrected chi connectivity index (χ2v) is 7.07. The molecule has 2 aromatic rings. The third-order valence-corrected chi connectivity index (χ3v) is 5.15. The van der Waals surface area contributed by atoms with Crippen LogP contribution in [0.3, 0.4) is 0 Å². The van der Waals surface area contributed by atoms with Gasteiger partial charge in [0.2, 0.25) is 5.95 Å². The highest BCUT2D eigenvalue weighted by Gasteiger charge is 2.29. The number of piperazine rings is 1. The Hall–Kier alpha value is -2.24. The van der Waals surface area contributed by atoms with E-state index in [0.717, 1.165) is 61.6 Å². The SMILES string of the molecule is CCc1c(C)nc(C2CC2)nc1N1CCN(c2nccc(C)n2)CC1. The van der Waals surface area contributed by atoms with Crippen LogP contribution in [0, 0.1) is 13.8 Å². The first kappa shape index (κ1) is 16.2. The maximum Gasteiger partial charge on any atom is 0.225 e. The molecular formula is C19H26N6. The van der Waals surface area contributed by atoms with Crippen molar-refractivity contribution in [3.8, 4) is 0 Å². The van der Waals surface area contributed by atoms with Gasteiger partial charge in [-0.05, 0) is 39.2 Å². The summed E-state index contributed by atoms with van der Waals surface area (Å²) in [5, 5.41) is 0. The molecule has 2 fully saturated rings. The molecule has 0 aromatic carbocycles. The highest BCUT2D eigenvalue weighted by atomic mass is 15.3. The minimum atomic E-state index is 0.588. The first-order valence-corrected chi connectivity index (χ1v) is 9.32. The molecule has 4 rings (SSSR count). The molecule has 132 valence electrons. The van der Waals surface area contributed by atoms with E-state index < -0.39 is 0 Å². The predicted molar refractivity (Wildman–Crippen MR) is 99.3 cm³/mol. The van der Waals surface area contributed by atoms with Crippen molar-refractivity contribution >= 4 is 11.8 Å². The minimum absolute atomic E-state index is 0.588. The fraction of sp³-hybridized carbons (Fsp3) is 0.579. The molecule has 0 atom stereocenters. The van der Waals surface area contributed by atoms with Crippen molar-refractivity contribution in [2.45, 2.75) is 46.0 Å². The Bertz CT molecular complexity index is 763. The van der Waals surface area contributed by atoms with E-state index in [1.807, 2.05) is 19.2 Å². The van der Waals surface area contributed by atoms with Crippen LogP contribution in [0.4, 0.5) is 11.8 Å². The fourth-order valence-electron chi connectivity index (χ4n) is 3.51. The smallest absolute Gasteiger partial charge is 0.225 e. The zero-order valence-corrected chi connectivity index (χ0v) is 15.4. The molecule has 0 spiro atoms. The van der Waals surface area contributed by atoms with Crippen LogP contribution in [-0.4, -0.2) is 46.1 Å². The summed E-state index contributed by atoms with van der Waals surface area (Å²) in [7, 11) is 0. The summed E-state index contributed by atoms with van der Waals surface area (Å²) in [6.45, 7) is 10.1. The fourth-order valence-corrected chi connectivity index (χ4v) is 3.51. The van der Waals surface area contributed by atoms with E-state index in [9.17, 15) is 0 Å². The van der Waals surface area contributed by atoms with E-state index in [0.29, 0.717) is 5.92 Å². The Morgan fingerprint density at radius 3 is 2.36 bits per heavy atom. The van der Waals surface area contributed by atoms with Crippen molar-refractivity contribution < 1.29 is 0 Å². The molecule has 0 unspecified atom stereocenters. The highest BCUT2D eigenvalue weighted by molar-refractivity contribution is 5.51. The lowest BCUT2D eigenvalue weighted by Crippen LogP contribution is -2.48. The molecule has 0 radical (unpaired) electrons. The quantitative estimate of drug-likeness (QED) is 0.854. The van der Waals surface area contributed by atoms with Crippen LogP contribution in [0.5, 0.6) is 0 Å². The predicted octanol–water partition coefficient (Wildman–Crippen LogP) is 2.65. The third kappa shape index (κ3) is 3.30. The van der Waals surface area contributed by atoms with E-state index >= 15 is 0 Å². The first-order chi connectivity index (χ1) is 12.2. The van der Waals surface area contributed by atoms with Crippen LogP contribution in [0.1, 0.15) is 48.5 Å². The molecule has 1 saturated heterocycles. The van der Waals surface area contributed by atoms with Crippen LogP contribution < -0.4 is 9.80 Å². The topological polar surface area (TPSA) is 58.0 Å². The number of hydrogen-bond donors (Lipinski definition) is 0. The van der Waals surface area contributed by atoms with Crippen molar-refractivity contribution in [1.29, 1.82) is 0 Å². The monoisotopic (exact) mass is 338 g/mol. The minimum Gasteiger partial charge on any atom is -0.353 e. The van der Waals surface area contributed by atoms with Crippen molar-refractivity contribution in [2.24, 2.45) is 0 Å². The van der Waals surface area contributed by atoms with Gasteiger partial charge in [0.05, 0.1) is 0 Å². The Kier molecular flexibility index (Phi) is 4.27. The molecule has 6 nitrogen and oxygen atoms in total. The van der Waals surface area contributed by atoms with Crippen molar-refractivity contribution in [3.63, 3.8) is 0 Å². The van der Waals surface area contributed by atoms with Crippen LogP contribution in [0.25, 0.3) is 0 Å². The Morgan fingerprint density at radius 1 is 1.00 bits per heavy atom. The van der Waals surface area contributed by atoms with Gasteiger partial charge in [-0.25, -0.2) is 19.9 Å². The van der Waals surface area contributed by atoms with Crippen LogP contribution in [0.2, 0.25) is 0 Å². The Balaban J connectivity index is 1.54. The van der Waals surface area contributed by atoms with Crippen molar-refractivity contribution in [1.82, 2.24) is 19.9 Å². The average Bonchev–Trinajstić information content (AvgIpc) is 3.46. The van der Waals surface area contributed by atoms with E-state index in [1.54, 1.807) is 0 Å². The summed E-state index contributed by atoms with van der Waals surface area (Å²) in [4.78, 5) is 23.4. The van der Waals surface area contributed by atoms with Gasteiger partial charge in [-0.15, -0.1) is 0 Å². The maximum absolute atomic E-state index is 4.97. The van der Waals surface area contributed by atoms with Gasteiger partial charge in [-0.3, -0.25) is 0 Å². The molecule has 1 aliphatic carbocycles. The number of nitrogens with zero attached hydrogens (tertiary/aromatic N) is 6. The largest absolute Gasteiger partial charge is 0.353 e. The molecule has 1 aliphatic heterocycles. The van der Waals surface area contributed by atoms with Gasteiger partial charge in [0.15, 0.2) is 0 Å². The standard InChI is InChI=1S/C19H26N6/c1-4-16-14(3)22-17(15-5-6-15)23-18(16)24-9-11-25(12-10-24)19-20-8-7-13(2)21-19/h7-8,15H,4-6,9-12H2,1-3H3. The number of aromatic nitrogens is 4. The van der Waals surface area contributed by atoms with Crippen LogP contribution in [0.15, 0.2) is 12.3 Å². The zero-order valence-electron chi connectivity index (χ0n) is 15.4. The highest BCUT2D eigenvalue weighted by Crippen LogP contribution is 2.39. The lowest BCUT2D eigenvalue weighted by molar-refractivity contribution is 0.628. The molecule has 0 N–H and O–H groups in total. The molecule has 3 heterocycles. The second kappa shape index (κ2) is 6.58. The van der Waals surface area contributed by atoms with Gasteiger partial charge in [0, 0.05) is 55.2 Å². The Labute approximate surface area is 149 Å². The lowest BCUT2D eigenvalue weighted by atomic mass is 10.1. The third-order valence-electron chi connectivity index (χ3n) is 5.15. The molecule has 0 bridgehead atoms. The number of aryl methyl sites for hydroxylation is 2. The summed E-state index contributed by atoms with van der Waals surface area (Å²) in [6, 6.07) is 1.94. The van der Waals surface area contributed by atoms with Gasteiger partial charge >= 0.3 is 0 Å². The summed E-state index contributed by atoms with van der Waals surface area (Å²) >= 11 is 0. The molecule has 2 aliphatic rings. The van der Waals surface area contributed by atoms with E-state index in [4.69, 9.17) is 9.97 Å². The van der Waals surface area contributed by atoms with E-state index in [2.05, 4.69) is 33.6 Å². The van der Waals surface area contributed by atoms with E-state index in [-0.39, 0.29) is 0 Å². The van der Waals surface area contributed by atoms with Gasteiger partial charge in [0.1, 0.15) is 11.6 Å². The summed E-state index contributed by atoms with van der Waals surface area (Å²) < 4.78 is 0. The van der Waals surface area contributed by atoms with Gasteiger partial charge in [0.25, 0.3) is 0 Å². The van der Waals surface area contributed by atoms with E-state index in [1.165, 1.54) is 18.4 Å². The van der Waals surface area contributed by atoms with Crippen LogP contribution >= 0.6 is 0 Å².